The molecule has 0 bridgehead atoms. The molecule has 1 atom stereocenters. The lowest BCUT2D eigenvalue weighted by atomic mass is 10.1. The van der Waals surface area contributed by atoms with Gasteiger partial charge in [0.1, 0.15) is 0 Å². The highest BCUT2D eigenvalue weighted by molar-refractivity contribution is 4.65. The monoisotopic (exact) mass is 160 g/mol. The van der Waals surface area contributed by atoms with Crippen molar-refractivity contribution in [3.63, 3.8) is 0 Å². The lowest BCUT2D eigenvalue weighted by Gasteiger charge is -2.23. The molecule has 1 unspecified atom stereocenters. The highest BCUT2D eigenvalue weighted by atomic mass is 16.5. The van der Waals surface area contributed by atoms with Crippen LogP contribution in [0.3, 0.4) is 0 Å². The normalized spacial score (nSPS) is 15.0. The van der Waals surface area contributed by atoms with Gasteiger partial charge in [-0.05, 0) is 33.6 Å². The second-order valence-corrected chi connectivity index (χ2v) is 3.60. The third-order valence-corrected chi connectivity index (χ3v) is 1.88. The lowest BCUT2D eigenvalue weighted by Crippen LogP contribution is -2.24. The van der Waals surface area contributed by atoms with Crippen molar-refractivity contribution in [2.45, 2.75) is 52.2 Å². The summed E-state index contributed by atoms with van der Waals surface area (Å²) in [5.41, 5.74) is -0.0328. The summed E-state index contributed by atoms with van der Waals surface area (Å²) in [6.45, 7) is 8.66. The van der Waals surface area contributed by atoms with Crippen LogP contribution in [0.1, 0.15) is 40.5 Å². The number of rotatable bonds is 5. The van der Waals surface area contributed by atoms with Crippen molar-refractivity contribution in [1.82, 2.24) is 0 Å². The second kappa shape index (κ2) is 4.73. The highest BCUT2D eigenvalue weighted by Crippen LogP contribution is 2.13. The van der Waals surface area contributed by atoms with Gasteiger partial charge in [0.2, 0.25) is 0 Å². The van der Waals surface area contributed by atoms with Gasteiger partial charge in [-0.15, -0.1) is 0 Å². The van der Waals surface area contributed by atoms with E-state index in [2.05, 4.69) is 20.8 Å². The molecular formula is C9H20O2. The molecule has 11 heavy (non-hydrogen) atoms. The van der Waals surface area contributed by atoms with E-state index in [1.54, 1.807) is 6.92 Å². The molecule has 0 fully saturated rings. The summed E-state index contributed by atoms with van der Waals surface area (Å²) in [5, 5.41) is 8.94. The SMILES string of the molecule is CCC(C)(C)OCCC(C)O. The molecule has 0 amide bonds. The molecular weight excluding hydrogens is 140 g/mol. The summed E-state index contributed by atoms with van der Waals surface area (Å²) in [6.07, 6.45) is 1.48. The van der Waals surface area contributed by atoms with Crippen molar-refractivity contribution >= 4 is 0 Å². The molecule has 0 aromatic heterocycles. The van der Waals surface area contributed by atoms with E-state index in [4.69, 9.17) is 9.84 Å². The van der Waals surface area contributed by atoms with Gasteiger partial charge in [-0.2, -0.15) is 0 Å². The maximum absolute atomic E-state index is 8.94. The van der Waals surface area contributed by atoms with E-state index in [1.165, 1.54) is 0 Å². The van der Waals surface area contributed by atoms with Crippen LogP contribution in [0.4, 0.5) is 0 Å². The Bertz CT molecular complexity index is 97.7. The van der Waals surface area contributed by atoms with Gasteiger partial charge in [-0.25, -0.2) is 0 Å². The van der Waals surface area contributed by atoms with E-state index in [0.717, 1.165) is 12.8 Å². The first-order chi connectivity index (χ1) is 4.98. The van der Waals surface area contributed by atoms with E-state index in [9.17, 15) is 0 Å². The zero-order valence-corrected chi connectivity index (χ0v) is 8.05. The van der Waals surface area contributed by atoms with Gasteiger partial charge < -0.3 is 9.84 Å². The Kier molecular flexibility index (Phi) is 4.69. The van der Waals surface area contributed by atoms with Crippen molar-refractivity contribution in [2.24, 2.45) is 0 Å². The lowest BCUT2D eigenvalue weighted by molar-refractivity contribution is -0.0315. The Morgan fingerprint density at radius 3 is 2.36 bits per heavy atom. The molecule has 0 saturated carbocycles. The summed E-state index contributed by atoms with van der Waals surface area (Å²) in [5.74, 6) is 0. The van der Waals surface area contributed by atoms with E-state index in [0.29, 0.717) is 6.61 Å². The van der Waals surface area contributed by atoms with Crippen molar-refractivity contribution in [2.75, 3.05) is 6.61 Å². The molecule has 0 spiro atoms. The minimum absolute atomic E-state index is 0.0328. The van der Waals surface area contributed by atoms with Gasteiger partial charge in [-0.3, -0.25) is 0 Å². The first-order valence-corrected chi connectivity index (χ1v) is 4.30. The second-order valence-electron chi connectivity index (χ2n) is 3.60. The van der Waals surface area contributed by atoms with Crippen LogP contribution in [0.25, 0.3) is 0 Å². The molecule has 0 heterocycles. The summed E-state index contributed by atoms with van der Waals surface area (Å²) in [4.78, 5) is 0. The van der Waals surface area contributed by atoms with Crippen LogP contribution in [0.5, 0.6) is 0 Å². The number of aliphatic hydroxyl groups is 1. The molecule has 0 rings (SSSR count). The Labute approximate surface area is 69.6 Å². The first kappa shape index (κ1) is 10.9. The zero-order chi connectivity index (χ0) is 8.91. The van der Waals surface area contributed by atoms with Crippen LogP contribution in [0, 0.1) is 0 Å². The smallest absolute Gasteiger partial charge is 0.0623 e. The molecule has 0 aliphatic rings. The average Bonchev–Trinajstić information content (AvgIpc) is 1.87. The van der Waals surface area contributed by atoms with Crippen LogP contribution >= 0.6 is 0 Å². The van der Waals surface area contributed by atoms with Gasteiger partial charge in [0.25, 0.3) is 0 Å². The van der Waals surface area contributed by atoms with Crippen molar-refractivity contribution in [3.05, 3.63) is 0 Å². The Morgan fingerprint density at radius 1 is 1.45 bits per heavy atom. The Balaban J connectivity index is 3.38. The first-order valence-electron chi connectivity index (χ1n) is 4.30. The third-order valence-electron chi connectivity index (χ3n) is 1.88. The van der Waals surface area contributed by atoms with E-state index in [-0.39, 0.29) is 11.7 Å². The minimum Gasteiger partial charge on any atom is -0.393 e. The summed E-state index contributed by atoms with van der Waals surface area (Å²) >= 11 is 0. The molecule has 2 heteroatoms. The third kappa shape index (κ3) is 6.32. The van der Waals surface area contributed by atoms with Crippen LogP contribution in [-0.4, -0.2) is 23.4 Å². The molecule has 2 nitrogen and oxygen atoms in total. The summed E-state index contributed by atoms with van der Waals surface area (Å²) in [7, 11) is 0. The fourth-order valence-electron chi connectivity index (χ4n) is 0.608. The Hall–Kier alpha value is -0.0800. The molecule has 0 aliphatic carbocycles. The molecule has 0 saturated heterocycles. The summed E-state index contributed by atoms with van der Waals surface area (Å²) < 4.78 is 5.53. The Morgan fingerprint density at radius 2 is 2.00 bits per heavy atom. The highest BCUT2D eigenvalue weighted by Gasteiger charge is 2.14. The van der Waals surface area contributed by atoms with Gasteiger partial charge >= 0.3 is 0 Å². The number of hydrogen-bond acceptors (Lipinski definition) is 2. The predicted molar refractivity (Wildman–Crippen MR) is 46.6 cm³/mol. The average molecular weight is 160 g/mol. The molecule has 0 aromatic rings. The molecule has 0 radical (unpaired) electrons. The molecule has 0 aromatic carbocycles. The fourth-order valence-corrected chi connectivity index (χ4v) is 0.608. The van der Waals surface area contributed by atoms with Gasteiger partial charge in [0, 0.05) is 6.61 Å². The molecule has 0 aliphatic heterocycles. The fraction of sp³-hybridized carbons (Fsp3) is 1.00. The van der Waals surface area contributed by atoms with Crippen molar-refractivity contribution in [1.29, 1.82) is 0 Å². The van der Waals surface area contributed by atoms with E-state index >= 15 is 0 Å². The van der Waals surface area contributed by atoms with Gasteiger partial charge in [0.15, 0.2) is 0 Å². The van der Waals surface area contributed by atoms with E-state index in [1.807, 2.05) is 0 Å². The quantitative estimate of drug-likeness (QED) is 0.666. The van der Waals surface area contributed by atoms with Crippen LogP contribution in [-0.2, 0) is 4.74 Å². The van der Waals surface area contributed by atoms with Crippen molar-refractivity contribution in [3.8, 4) is 0 Å². The molecule has 68 valence electrons. The van der Waals surface area contributed by atoms with E-state index < -0.39 is 0 Å². The number of ether oxygens (including phenoxy) is 1. The largest absolute Gasteiger partial charge is 0.393 e. The van der Waals surface area contributed by atoms with Gasteiger partial charge in [-0.1, -0.05) is 6.92 Å². The topological polar surface area (TPSA) is 29.5 Å². The maximum atomic E-state index is 8.94. The zero-order valence-electron chi connectivity index (χ0n) is 8.05. The van der Waals surface area contributed by atoms with Crippen molar-refractivity contribution < 1.29 is 9.84 Å². The van der Waals surface area contributed by atoms with Crippen LogP contribution < -0.4 is 0 Å². The summed E-state index contributed by atoms with van der Waals surface area (Å²) in [6, 6.07) is 0. The standard InChI is InChI=1S/C9H20O2/c1-5-9(3,4)11-7-6-8(2)10/h8,10H,5-7H2,1-4H3. The molecule has 1 N–H and O–H groups in total. The number of hydrogen-bond donors (Lipinski definition) is 1. The van der Waals surface area contributed by atoms with Gasteiger partial charge in [0.05, 0.1) is 11.7 Å². The predicted octanol–water partition coefficient (Wildman–Crippen LogP) is 1.96. The van der Waals surface area contributed by atoms with Crippen LogP contribution in [0.2, 0.25) is 0 Å². The van der Waals surface area contributed by atoms with Crippen LogP contribution in [0.15, 0.2) is 0 Å². The number of aliphatic hydroxyl groups excluding tert-OH is 1. The maximum Gasteiger partial charge on any atom is 0.0623 e. The minimum atomic E-state index is -0.248.